The maximum atomic E-state index is 12.4. The number of benzene rings is 1. The number of fused-ring (bicyclic) bond motifs is 1. The topological polar surface area (TPSA) is 97.4 Å². The molecule has 4 N–H and O–H groups in total. The number of amides is 2. The number of furan rings is 1. The smallest absolute Gasteiger partial charge is 0.251 e. The number of thiocarbonyl (C=S) groups is 1. The van der Waals surface area contributed by atoms with E-state index in [4.69, 9.17) is 34.0 Å². The van der Waals surface area contributed by atoms with Crippen molar-refractivity contribution in [1.29, 1.82) is 0 Å². The standard InChI is InChI=1S/C27H28ClN3O3S2/c1-27(2,3)16-6-11-19-21(14-16)36-25(23(19)24(29)33)31-26(35)30-22(32)13-10-18-9-12-20(34-18)15-4-7-17(28)8-5-15/h4-5,7-10,12-13,16H,6,11,14H2,1-3H3,(H2,29,33)(H2,30,31,32,35). The molecule has 0 aliphatic heterocycles. The van der Waals surface area contributed by atoms with Crippen molar-refractivity contribution in [2.45, 2.75) is 40.0 Å². The Morgan fingerprint density at radius 3 is 2.58 bits per heavy atom. The largest absolute Gasteiger partial charge is 0.457 e. The number of thiophene rings is 1. The van der Waals surface area contributed by atoms with E-state index in [0.717, 1.165) is 35.3 Å². The molecular formula is C27H28ClN3O3S2. The van der Waals surface area contributed by atoms with Crippen molar-refractivity contribution in [2.75, 3.05) is 5.32 Å². The van der Waals surface area contributed by atoms with Gasteiger partial charge in [0, 0.05) is 21.5 Å². The molecule has 4 rings (SSSR count). The number of rotatable bonds is 5. The zero-order chi connectivity index (χ0) is 26.0. The molecule has 0 saturated heterocycles. The maximum absolute atomic E-state index is 12.4. The van der Waals surface area contributed by atoms with Gasteiger partial charge in [-0.05, 0) is 90.9 Å². The van der Waals surface area contributed by atoms with Crippen molar-refractivity contribution >= 4 is 63.2 Å². The second-order valence-corrected chi connectivity index (χ2v) is 11.8. The first kappa shape index (κ1) is 26.1. The van der Waals surface area contributed by atoms with Crippen LogP contribution in [0.4, 0.5) is 5.00 Å². The lowest BCUT2D eigenvalue weighted by Crippen LogP contribution is -2.33. The second kappa shape index (κ2) is 10.6. The number of primary amides is 1. The molecule has 0 fully saturated rings. The summed E-state index contributed by atoms with van der Waals surface area (Å²) in [7, 11) is 0. The van der Waals surface area contributed by atoms with Crippen LogP contribution in [-0.4, -0.2) is 16.9 Å². The Morgan fingerprint density at radius 2 is 1.92 bits per heavy atom. The summed E-state index contributed by atoms with van der Waals surface area (Å²) in [4.78, 5) is 25.8. The van der Waals surface area contributed by atoms with E-state index in [1.807, 2.05) is 18.2 Å². The second-order valence-electron chi connectivity index (χ2n) is 9.86. The molecule has 1 aromatic carbocycles. The van der Waals surface area contributed by atoms with Gasteiger partial charge in [-0.25, -0.2) is 0 Å². The quantitative estimate of drug-likeness (QED) is 0.255. The van der Waals surface area contributed by atoms with Gasteiger partial charge in [0.2, 0.25) is 5.91 Å². The molecule has 1 unspecified atom stereocenters. The van der Waals surface area contributed by atoms with Crippen LogP contribution in [0, 0.1) is 11.3 Å². The summed E-state index contributed by atoms with van der Waals surface area (Å²) < 4.78 is 5.77. The summed E-state index contributed by atoms with van der Waals surface area (Å²) in [6.07, 6.45) is 5.60. The van der Waals surface area contributed by atoms with Gasteiger partial charge in [-0.3, -0.25) is 14.9 Å². The third-order valence-electron chi connectivity index (χ3n) is 6.35. The summed E-state index contributed by atoms with van der Waals surface area (Å²) in [6, 6.07) is 10.9. The van der Waals surface area contributed by atoms with E-state index in [9.17, 15) is 9.59 Å². The Balaban J connectivity index is 1.40. The number of nitrogens with one attached hydrogen (secondary N) is 2. The fourth-order valence-corrected chi connectivity index (χ4v) is 6.06. The number of carbonyl (C=O) groups excluding carboxylic acids is 2. The molecule has 1 aliphatic rings. The summed E-state index contributed by atoms with van der Waals surface area (Å²) >= 11 is 12.7. The molecule has 1 aliphatic carbocycles. The molecule has 0 saturated carbocycles. The molecule has 1 atom stereocenters. The number of nitrogens with two attached hydrogens (primary N) is 1. The average Bonchev–Trinajstić information content (AvgIpc) is 3.41. The molecule has 2 heterocycles. The molecule has 2 amide bonds. The van der Waals surface area contributed by atoms with Crippen LogP contribution in [-0.2, 0) is 17.6 Å². The molecule has 2 aromatic heterocycles. The highest BCUT2D eigenvalue weighted by Crippen LogP contribution is 2.44. The Labute approximate surface area is 224 Å². The van der Waals surface area contributed by atoms with Crippen molar-refractivity contribution in [3.05, 3.63) is 69.3 Å². The first-order valence-corrected chi connectivity index (χ1v) is 13.2. The van der Waals surface area contributed by atoms with Gasteiger partial charge in [0.15, 0.2) is 5.11 Å². The molecule has 9 heteroatoms. The van der Waals surface area contributed by atoms with E-state index in [2.05, 4.69) is 31.4 Å². The van der Waals surface area contributed by atoms with E-state index in [-0.39, 0.29) is 10.5 Å². The summed E-state index contributed by atoms with van der Waals surface area (Å²) in [5, 5.41) is 6.95. The maximum Gasteiger partial charge on any atom is 0.251 e. The molecule has 0 spiro atoms. The Bertz CT molecular complexity index is 1330. The van der Waals surface area contributed by atoms with Gasteiger partial charge in [0.25, 0.3) is 5.91 Å². The molecule has 36 heavy (non-hydrogen) atoms. The van der Waals surface area contributed by atoms with Gasteiger partial charge in [-0.15, -0.1) is 11.3 Å². The van der Waals surface area contributed by atoms with Gasteiger partial charge < -0.3 is 15.5 Å². The summed E-state index contributed by atoms with van der Waals surface area (Å²) in [6.45, 7) is 6.72. The average molecular weight is 542 g/mol. The van der Waals surface area contributed by atoms with Crippen LogP contribution >= 0.6 is 35.2 Å². The van der Waals surface area contributed by atoms with Crippen molar-refractivity contribution in [3.63, 3.8) is 0 Å². The minimum atomic E-state index is -0.493. The highest BCUT2D eigenvalue weighted by molar-refractivity contribution is 7.80. The van der Waals surface area contributed by atoms with Gasteiger partial charge in [0.1, 0.15) is 16.5 Å². The summed E-state index contributed by atoms with van der Waals surface area (Å²) in [5.74, 6) is 0.789. The van der Waals surface area contributed by atoms with Crippen molar-refractivity contribution in [3.8, 4) is 11.3 Å². The first-order valence-electron chi connectivity index (χ1n) is 11.6. The zero-order valence-corrected chi connectivity index (χ0v) is 22.7. The highest BCUT2D eigenvalue weighted by atomic mass is 35.5. The van der Waals surface area contributed by atoms with E-state index < -0.39 is 11.8 Å². The van der Waals surface area contributed by atoms with Crippen molar-refractivity contribution in [2.24, 2.45) is 17.1 Å². The van der Waals surface area contributed by atoms with Gasteiger partial charge in [0.05, 0.1) is 5.56 Å². The highest BCUT2D eigenvalue weighted by Gasteiger charge is 2.33. The van der Waals surface area contributed by atoms with Crippen LogP contribution in [0.2, 0.25) is 5.02 Å². The van der Waals surface area contributed by atoms with Crippen molar-refractivity contribution in [1.82, 2.24) is 5.32 Å². The number of anilines is 1. The normalized spacial score (nSPS) is 15.5. The third-order valence-corrected chi connectivity index (χ3v) is 7.98. The predicted molar refractivity (Wildman–Crippen MR) is 150 cm³/mol. The van der Waals surface area contributed by atoms with Crippen LogP contribution < -0.4 is 16.4 Å². The van der Waals surface area contributed by atoms with Gasteiger partial charge >= 0.3 is 0 Å². The minimum absolute atomic E-state index is 0.0967. The Kier molecular flexibility index (Phi) is 7.68. The zero-order valence-electron chi connectivity index (χ0n) is 20.3. The van der Waals surface area contributed by atoms with Crippen LogP contribution in [0.3, 0.4) is 0 Å². The fraction of sp³-hybridized carbons (Fsp3) is 0.296. The Morgan fingerprint density at radius 1 is 1.19 bits per heavy atom. The van der Waals surface area contributed by atoms with E-state index in [1.54, 1.807) is 24.3 Å². The van der Waals surface area contributed by atoms with Crippen LogP contribution in [0.1, 0.15) is 53.8 Å². The molecule has 6 nitrogen and oxygen atoms in total. The molecule has 188 valence electrons. The van der Waals surface area contributed by atoms with Crippen LogP contribution in [0.5, 0.6) is 0 Å². The van der Waals surface area contributed by atoms with Gasteiger partial charge in [-0.2, -0.15) is 0 Å². The van der Waals surface area contributed by atoms with Crippen LogP contribution in [0.25, 0.3) is 17.4 Å². The lowest BCUT2D eigenvalue weighted by Gasteiger charge is -2.33. The van der Waals surface area contributed by atoms with E-state index >= 15 is 0 Å². The van der Waals surface area contributed by atoms with Crippen molar-refractivity contribution < 1.29 is 14.0 Å². The monoisotopic (exact) mass is 541 g/mol. The number of hydrogen-bond donors (Lipinski definition) is 3. The fourth-order valence-electron chi connectivity index (χ4n) is 4.33. The molecule has 0 radical (unpaired) electrons. The lowest BCUT2D eigenvalue weighted by molar-refractivity contribution is -0.115. The third kappa shape index (κ3) is 6.06. The first-order chi connectivity index (χ1) is 17.0. The molecule has 0 bridgehead atoms. The van der Waals surface area contributed by atoms with Crippen LogP contribution in [0.15, 0.2) is 46.9 Å². The minimum Gasteiger partial charge on any atom is -0.457 e. The molecular weight excluding hydrogens is 514 g/mol. The Hall–Kier alpha value is -2.94. The predicted octanol–water partition coefficient (Wildman–Crippen LogP) is 6.44. The van der Waals surface area contributed by atoms with Gasteiger partial charge in [-0.1, -0.05) is 32.4 Å². The SMILES string of the molecule is CC(C)(C)C1CCc2c(sc(NC(=S)NC(=O)C=Cc3ccc(-c4ccc(Cl)cc4)o3)c2C(N)=O)C1. The lowest BCUT2D eigenvalue weighted by atomic mass is 9.72. The number of hydrogen-bond acceptors (Lipinski definition) is 5. The van der Waals surface area contributed by atoms with E-state index in [1.165, 1.54) is 17.4 Å². The molecule has 3 aromatic rings. The van der Waals surface area contributed by atoms with E-state index in [0.29, 0.717) is 33.0 Å². The number of carbonyl (C=O) groups is 2. The number of halogens is 1. The summed E-state index contributed by atoms with van der Waals surface area (Å²) in [5.41, 5.74) is 8.25.